The van der Waals surface area contributed by atoms with E-state index >= 15 is 0 Å². The van der Waals surface area contributed by atoms with E-state index in [1.807, 2.05) is 30.0 Å². The van der Waals surface area contributed by atoms with Gasteiger partial charge in [0.1, 0.15) is 0 Å². The number of carbonyl (C=O) groups is 1. The van der Waals surface area contributed by atoms with Gasteiger partial charge in [-0.05, 0) is 51.0 Å². The zero-order valence-corrected chi connectivity index (χ0v) is 20.1. The van der Waals surface area contributed by atoms with Crippen LogP contribution in [0.1, 0.15) is 25.0 Å². The van der Waals surface area contributed by atoms with E-state index in [1.54, 1.807) is 0 Å². The maximum Gasteiger partial charge on any atom is 0.240 e. The highest BCUT2D eigenvalue weighted by atomic mass is 32.2. The van der Waals surface area contributed by atoms with Crippen LogP contribution in [0.4, 0.5) is 11.6 Å². The lowest BCUT2D eigenvalue weighted by Gasteiger charge is -2.28. The standard InChI is InChI=1S/C25H29N5O2S/c1-17-8-10-21(11-9-17)30-24(28-12-14-32-15-13-28)26-27-25(30)33-19(3)23(31)29-18(2)16-20-6-4-5-7-22(20)29/h4-11,18-19H,12-16H2,1-3H3. The van der Waals surface area contributed by atoms with Gasteiger partial charge in [0.05, 0.1) is 24.2 Å². The fourth-order valence-electron chi connectivity index (χ4n) is 4.53. The predicted molar refractivity (Wildman–Crippen MR) is 132 cm³/mol. The maximum atomic E-state index is 13.5. The zero-order chi connectivity index (χ0) is 22.9. The largest absolute Gasteiger partial charge is 0.378 e. The number of fused-ring (bicyclic) bond motifs is 1. The molecule has 0 spiro atoms. The van der Waals surface area contributed by atoms with E-state index in [-0.39, 0.29) is 17.2 Å². The summed E-state index contributed by atoms with van der Waals surface area (Å²) in [6.07, 6.45) is 0.889. The molecular weight excluding hydrogens is 434 g/mol. The highest BCUT2D eigenvalue weighted by molar-refractivity contribution is 8.00. The molecule has 1 fully saturated rings. The number of morpholine rings is 1. The average Bonchev–Trinajstić information content (AvgIpc) is 3.40. The van der Waals surface area contributed by atoms with Crippen LogP contribution in [-0.4, -0.2) is 58.3 Å². The number of rotatable bonds is 5. The van der Waals surface area contributed by atoms with Crippen molar-refractivity contribution in [3.63, 3.8) is 0 Å². The van der Waals surface area contributed by atoms with Crippen LogP contribution in [0.2, 0.25) is 0 Å². The second-order valence-corrected chi connectivity index (χ2v) is 10.0. The van der Waals surface area contributed by atoms with E-state index in [1.165, 1.54) is 22.9 Å². The molecule has 0 saturated carbocycles. The summed E-state index contributed by atoms with van der Waals surface area (Å²) in [6.45, 7) is 9.03. The molecule has 1 saturated heterocycles. The Hall–Kier alpha value is -2.84. The average molecular weight is 464 g/mol. The number of benzene rings is 2. The van der Waals surface area contributed by atoms with Gasteiger partial charge in [0.15, 0.2) is 5.16 Å². The molecule has 1 amide bonds. The number of aromatic nitrogens is 3. The van der Waals surface area contributed by atoms with Gasteiger partial charge in [0.2, 0.25) is 11.9 Å². The topological polar surface area (TPSA) is 63.5 Å². The summed E-state index contributed by atoms with van der Waals surface area (Å²) >= 11 is 1.47. The third-order valence-corrected chi connectivity index (χ3v) is 7.31. The molecule has 8 heteroatoms. The lowest BCUT2D eigenvalue weighted by molar-refractivity contribution is -0.118. The van der Waals surface area contributed by atoms with Crippen LogP contribution in [-0.2, 0) is 16.0 Å². The molecule has 0 bridgehead atoms. The maximum absolute atomic E-state index is 13.5. The van der Waals surface area contributed by atoms with Crippen LogP contribution in [0, 0.1) is 6.92 Å². The highest BCUT2D eigenvalue weighted by Crippen LogP contribution is 2.36. The van der Waals surface area contributed by atoms with Crippen molar-refractivity contribution in [3.8, 4) is 5.69 Å². The van der Waals surface area contributed by atoms with Crippen LogP contribution < -0.4 is 9.80 Å². The molecule has 5 rings (SSSR count). The van der Waals surface area contributed by atoms with E-state index < -0.39 is 0 Å². The van der Waals surface area contributed by atoms with Crippen molar-refractivity contribution >= 4 is 29.3 Å². The van der Waals surface area contributed by atoms with Crippen molar-refractivity contribution in [3.05, 3.63) is 59.7 Å². The molecule has 0 N–H and O–H groups in total. The number of aryl methyl sites for hydroxylation is 1. The van der Waals surface area contributed by atoms with Crippen molar-refractivity contribution < 1.29 is 9.53 Å². The minimum absolute atomic E-state index is 0.101. The number of para-hydroxylation sites is 1. The summed E-state index contributed by atoms with van der Waals surface area (Å²) in [4.78, 5) is 17.7. The Morgan fingerprint density at radius 3 is 2.58 bits per heavy atom. The molecule has 2 aliphatic rings. The number of thioether (sulfide) groups is 1. The molecule has 3 aromatic rings. The second-order valence-electron chi connectivity index (χ2n) is 8.70. The van der Waals surface area contributed by atoms with Crippen LogP contribution in [0.5, 0.6) is 0 Å². The van der Waals surface area contributed by atoms with E-state index in [2.05, 4.69) is 63.8 Å². The Kier molecular flexibility index (Phi) is 6.12. The minimum Gasteiger partial charge on any atom is -0.378 e. The Labute approximate surface area is 198 Å². The summed E-state index contributed by atoms with van der Waals surface area (Å²) in [7, 11) is 0. The summed E-state index contributed by atoms with van der Waals surface area (Å²) in [5, 5.41) is 9.48. The van der Waals surface area contributed by atoms with E-state index in [9.17, 15) is 4.79 Å². The lowest BCUT2D eigenvalue weighted by Crippen LogP contribution is -2.40. The van der Waals surface area contributed by atoms with E-state index in [0.717, 1.165) is 42.0 Å². The molecule has 33 heavy (non-hydrogen) atoms. The molecule has 0 aliphatic carbocycles. The van der Waals surface area contributed by atoms with Crippen LogP contribution in [0.3, 0.4) is 0 Å². The lowest BCUT2D eigenvalue weighted by atomic mass is 10.1. The molecule has 1 aromatic heterocycles. The Balaban J connectivity index is 1.45. The first kappa shape index (κ1) is 22.0. The number of hydrogen-bond acceptors (Lipinski definition) is 6. The van der Waals surface area contributed by atoms with Gasteiger partial charge >= 0.3 is 0 Å². The third kappa shape index (κ3) is 4.25. The van der Waals surface area contributed by atoms with E-state index in [4.69, 9.17) is 4.74 Å². The van der Waals surface area contributed by atoms with Gasteiger partial charge in [-0.1, -0.05) is 47.7 Å². The number of ether oxygens (including phenoxy) is 1. The molecule has 0 radical (unpaired) electrons. The zero-order valence-electron chi connectivity index (χ0n) is 19.3. The third-order valence-electron chi connectivity index (χ3n) is 6.28. The molecule has 3 heterocycles. The SMILES string of the molecule is Cc1ccc(-n2c(SC(C)C(=O)N3c4ccccc4CC3C)nnc2N2CCOCC2)cc1. The van der Waals surface area contributed by atoms with Crippen LogP contribution in [0.25, 0.3) is 5.69 Å². The van der Waals surface area contributed by atoms with Crippen molar-refractivity contribution in [2.45, 2.75) is 43.6 Å². The normalized spacial score (nSPS) is 18.9. The van der Waals surface area contributed by atoms with Gasteiger partial charge in [-0.15, -0.1) is 10.2 Å². The summed E-state index contributed by atoms with van der Waals surface area (Å²) in [5.74, 6) is 0.896. The first-order valence-corrected chi connectivity index (χ1v) is 12.3. The molecule has 2 atom stereocenters. The Morgan fingerprint density at radius 2 is 1.82 bits per heavy atom. The number of amides is 1. The first-order valence-electron chi connectivity index (χ1n) is 11.5. The van der Waals surface area contributed by atoms with Gasteiger partial charge in [0, 0.05) is 24.8 Å². The number of hydrogen-bond donors (Lipinski definition) is 0. The summed E-state index contributed by atoms with van der Waals surface area (Å²) in [6, 6.07) is 16.7. The quantitative estimate of drug-likeness (QED) is 0.536. The van der Waals surface area contributed by atoms with Crippen LogP contribution >= 0.6 is 11.8 Å². The fourth-order valence-corrected chi connectivity index (χ4v) is 5.44. The van der Waals surface area contributed by atoms with Crippen molar-refractivity contribution in [1.29, 1.82) is 0 Å². The molecule has 2 aromatic carbocycles. The molecule has 7 nitrogen and oxygen atoms in total. The number of carbonyl (C=O) groups excluding carboxylic acids is 1. The Bertz CT molecular complexity index is 1140. The minimum atomic E-state index is -0.301. The van der Waals surface area contributed by atoms with Crippen molar-refractivity contribution in [2.24, 2.45) is 0 Å². The van der Waals surface area contributed by atoms with Crippen molar-refractivity contribution in [2.75, 3.05) is 36.1 Å². The molecule has 2 unspecified atom stereocenters. The van der Waals surface area contributed by atoms with Gasteiger partial charge < -0.3 is 14.5 Å². The summed E-state index contributed by atoms with van der Waals surface area (Å²) in [5.41, 5.74) is 4.44. The number of nitrogens with zero attached hydrogens (tertiary/aromatic N) is 5. The molecule has 2 aliphatic heterocycles. The fraction of sp³-hybridized carbons (Fsp3) is 0.400. The van der Waals surface area contributed by atoms with E-state index in [0.29, 0.717) is 13.2 Å². The molecular formula is C25H29N5O2S. The second kappa shape index (κ2) is 9.19. The highest BCUT2D eigenvalue weighted by Gasteiger charge is 2.34. The van der Waals surface area contributed by atoms with Gasteiger partial charge in [-0.25, -0.2) is 0 Å². The monoisotopic (exact) mass is 463 g/mol. The predicted octanol–water partition coefficient (Wildman–Crippen LogP) is 3.87. The Morgan fingerprint density at radius 1 is 1.09 bits per heavy atom. The number of anilines is 2. The first-order chi connectivity index (χ1) is 16.0. The summed E-state index contributed by atoms with van der Waals surface area (Å²) < 4.78 is 7.60. The van der Waals surface area contributed by atoms with Gasteiger partial charge in [-0.2, -0.15) is 0 Å². The van der Waals surface area contributed by atoms with Crippen LogP contribution in [0.15, 0.2) is 53.7 Å². The van der Waals surface area contributed by atoms with Crippen molar-refractivity contribution in [1.82, 2.24) is 14.8 Å². The van der Waals surface area contributed by atoms with Gasteiger partial charge in [0.25, 0.3) is 0 Å². The van der Waals surface area contributed by atoms with Gasteiger partial charge in [-0.3, -0.25) is 9.36 Å². The molecule has 172 valence electrons. The smallest absolute Gasteiger partial charge is 0.240 e.